The van der Waals surface area contributed by atoms with Crippen molar-refractivity contribution >= 4 is 6.09 Å². The molecule has 5 nitrogen and oxygen atoms in total. The standard InChI is InChI=1S/C13H23NO4/c1-10-9-13(16-7-8-17-13)5-6-14(10)11(15)18-12(2,3)4/h10H,5-9H2,1-4H3. The highest BCUT2D eigenvalue weighted by molar-refractivity contribution is 5.68. The van der Waals surface area contributed by atoms with Crippen LogP contribution in [0.4, 0.5) is 4.79 Å². The molecular formula is C13H23NO4. The van der Waals surface area contributed by atoms with Gasteiger partial charge in [0.2, 0.25) is 0 Å². The molecule has 0 N–H and O–H groups in total. The molecule has 2 saturated heterocycles. The summed E-state index contributed by atoms with van der Waals surface area (Å²) < 4.78 is 16.8. The zero-order chi connectivity index (χ0) is 13.4. The number of piperidine rings is 1. The third-order valence-corrected chi connectivity index (χ3v) is 3.31. The van der Waals surface area contributed by atoms with Crippen LogP contribution in [-0.2, 0) is 14.2 Å². The molecule has 1 spiro atoms. The zero-order valence-electron chi connectivity index (χ0n) is 11.7. The predicted octanol–water partition coefficient (Wildman–Crippen LogP) is 2.15. The molecule has 0 aromatic heterocycles. The number of amides is 1. The van der Waals surface area contributed by atoms with E-state index in [-0.39, 0.29) is 12.1 Å². The van der Waals surface area contributed by atoms with Crippen LogP contribution >= 0.6 is 0 Å². The Morgan fingerprint density at radius 1 is 1.33 bits per heavy atom. The topological polar surface area (TPSA) is 48.0 Å². The van der Waals surface area contributed by atoms with E-state index >= 15 is 0 Å². The molecule has 1 atom stereocenters. The molecule has 0 saturated carbocycles. The fourth-order valence-corrected chi connectivity index (χ4v) is 2.52. The molecule has 0 aromatic rings. The van der Waals surface area contributed by atoms with Crippen molar-refractivity contribution in [2.24, 2.45) is 0 Å². The second kappa shape index (κ2) is 4.70. The zero-order valence-corrected chi connectivity index (χ0v) is 11.7. The smallest absolute Gasteiger partial charge is 0.410 e. The first-order valence-electron chi connectivity index (χ1n) is 6.59. The Bertz CT molecular complexity index is 317. The lowest BCUT2D eigenvalue weighted by Crippen LogP contribution is -2.53. The van der Waals surface area contributed by atoms with Crippen molar-refractivity contribution in [3.05, 3.63) is 0 Å². The van der Waals surface area contributed by atoms with Crippen LogP contribution in [0.2, 0.25) is 0 Å². The van der Waals surface area contributed by atoms with Gasteiger partial charge >= 0.3 is 6.09 Å². The molecule has 0 aromatic carbocycles. The molecule has 18 heavy (non-hydrogen) atoms. The van der Waals surface area contributed by atoms with Gasteiger partial charge in [-0.25, -0.2) is 4.79 Å². The first kappa shape index (κ1) is 13.6. The molecule has 2 fully saturated rings. The fraction of sp³-hybridized carbons (Fsp3) is 0.923. The maximum atomic E-state index is 12.0. The van der Waals surface area contributed by atoms with Crippen molar-refractivity contribution in [3.8, 4) is 0 Å². The van der Waals surface area contributed by atoms with Gasteiger partial charge < -0.3 is 19.1 Å². The van der Waals surface area contributed by atoms with Crippen LogP contribution in [0.1, 0.15) is 40.5 Å². The molecular weight excluding hydrogens is 234 g/mol. The summed E-state index contributed by atoms with van der Waals surface area (Å²) >= 11 is 0. The van der Waals surface area contributed by atoms with Crippen LogP contribution in [-0.4, -0.2) is 48.2 Å². The monoisotopic (exact) mass is 257 g/mol. The Balaban J connectivity index is 1.95. The maximum absolute atomic E-state index is 12.0. The van der Waals surface area contributed by atoms with Crippen LogP contribution < -0.4 is 0 Å². The number of carbonyl (C=O) groups is 1. The summed E-state index contributed by atoms with van der Waals surface area (Å²) in [5.41, 5.74) is -0.452. The molecule has 2 rings (SSSR count). The summed E-state index contributed by atoms with van der Waals surface area (Å²) in [7, 11) is 0. The predicted molar refractivity (Wildman–Crippen MR) is 66.3 cm³/mol. The highest BCUT2D eigenvalue weighted by Gasteiger charge is 2.44. The van der Waals surface area contributed by atoms with Gasteiger partial charge in [-0.2, -0.15) is 0 Å². The average Bonchev–Trinajstić information content (AvgIpc) is 2.63. The van der Waals surface area contributed by atoms with E-state index in [0.717, 1.165) is 6.42 Å². The van der Waals surface area contributed by atoms with Gasteiger partial charge in [0.15, 0.2) is 5.79 Å². The summed E-state index contributed by atoms with van der Waals surface area (Å²) in [5, 5.41) is 0. The Kier molecular flexibility index (Phi) is 3.56. The SMILES string of the molecule is CC1CC2(CCN1C(=O)OC(C)(C)C)OCCO2. The molecule has 2 aliphatic rings. The molecule has 0 radical (unpaired) electrons. The normalized spacial score (nSPS) is 27.6. The third kappa shape index (κ3) is 2.95. The fourth-order valence-electron chi connectivity index (χ4n) is 2.52. The summed E-state index contributed by atoms with van der Waals surface area (Å²) in [6.07, 6.45) is 1.19. The van der Waals surface area contributed by atoms with E-state index < -0.39 is 11.4 Å². The lowest BCUT2D eigenvalue weighted by Gasteiger charge is -2.42. The lowest BCUT2D eigenvalue weighted by atomic mass is 9.97. The van der Waals surface area contributed by atoms with Crippen LogP contribution in [0.3, 0.4) is 0 Å². The molecule has 0 aliphatic carbocycles. The van der Waals surface area contributed by atoms with Crippen LogP contribution in [0.25, 0.3) is 0 Å². The number of ether oxygens (including phenoxy) is 3. The Hall–Kier alpha value is -0.810. The van der Waals surface area contributed by atoms with E-state index in [1.54, 1.807) is 4.90 Å². The van der Waals surface area contributed by atoms with Gasteiger partial charge in [0.25, 0.3) is 0 Å². The first-order chi connectivity index (χ1) is 8.31. The van der Waals surface area contributed by atoms with E-state index in [4.69, 9.17) is 14.2 Å². The minimum absolute atomic E-state index is 0.0756. The molecule has 104 valence electrons. The highest BCUT2D eigenvalue weighted by Crippen LogP contribution is 2.34. The second-order valence-electron chi connectivity index (χ2n) is 6.08. The van der Waals surface area contributed by atoms with Crippen molar-refractivity contribution in [1.29, 1.82) is 0 Å². The Morgan fingerprint density at radius 2 is 1.94 bits per heavy atom. The summed E-state index contributed by atoms with van der Waals surface area (Å²) in [6, 6.07) is 0.0756. The van der Waals surface area contributed by atoms with Gasteiger partial charge in [0.1, 0.15) is 5.60 Å². The molecule has 1 amide bonds. The van der Waals surface area contributed by atoms with E-state index in [1.165, 1.54) is 0 Å². The van der Waals surface area contributed by atoms with Gasteiger partial charge in [-0.1, -0.05) is 0 Å². The number of hydrogen-bond acceptors (Lipinski definition) is 4. The number of likely N-dealkylation sites (tertiary alicyclic amines) is 1. The van der Waals surface area contributed by atoms with Crippen molar-refractivity contribution in [1.82, 2.24) is 4.90 Å². The quantitative estimate of drug-likeness (QED) is 0.667. The van der Waals surface area contributed by atoms with E-state index in [1.807, 2.05) is 27.7 Å². The minimum Gasteiger partial charge on any atom is -0.444 e. The van der Waals surface area contributed by atoms with Gasteiger partial charge in [0.05, 0.1) is 13.2 Å². The van der Waals surface area contributed by atoms with Gasteiger partial charge in [0, 0.05) is 25.4 Å². The second-order valence-corrected chi connectivity index (χ2v) is 6.08. The largest absolute Gasteiger partial charge is 0.444 e. The molecule has 2 aliphatic heterocycles. The minimum atomic E-state index is -0.460. The van der Waals surface area contributed by atoms with Crippen molar-refractivity contribution in [2.75, 3.05) is 19.8 Å². The van der Waals surface area contributed by atoms with E-state index in [2.05, 4.69) is 0 Å². The Morgan fingerprint density at radius 3 is 2.44 bits per heavy atom. The first-order valence-corrected chi connectivity index (χ1v) is 6.59. The Labute approximate surface area is 108 Å². The van der Waals surface area contributed by atoms with Gasteiger partial charge in [-0.05, 0) is 27.7 Å². The average molecular weight is 257 g/mol. The van der Waals surface area contributed by atoms with E-state index in [0.29, 0.717) is 26.2 Å². The van der Waals surface area contributed by atoms with Crippen LogP contribution in [0.15, 0.2) is 0 Å². The van der Waals surface area contributed by atoms with Crippen LogP contribution in [0.5, 0.6) is 0 Å². The lowest BCUT2D eigenvalue weighted by molar-refractivity contribution is -0.192. The molecule has 1 unspecified atom stereocenters. The van der Waals surface area contributed by atoms with Gasteiger partial charge in [-0.15, -0.1) is 0 Å². The molecule has 0 bridgehead atoms. The van der Waals surface area contributed by atoms with Crippen molar-refractivity contribution in [2.45, 2.75) is 58.0 Å². The number of carbonyl (C=O) groups excluding carboxylic acids is 1. The summed E-state index contributed by atoms with van der Waals surface area (Å²) in [6.45, 7) is 9.57. The highest BCUT2D eigenvalue weighted by atomic mass is 16.7. The maximum Gasteiger partial charge on any atom is 0.410 e. The van der Waals surface area contributed by atoms with Crippen LogP contribution in [0, 0.1) is 0 Å². The van der Waals surface area contributed by atoms with Crippen molar-refractivity contribution < 1.29 is 19.0 Å². The molecule has 2 heterocycles. The number of hydrogen-bond donors (Lipinski definition) is 0. The summed E-state index contributed by atoms with van der Waals surface area (Å²) in [5.74, 6) is -0.460. The van der Waals surface area contributed by atoms with Crippen molar-refractivity contribution in [3.63, 3.8) is 0 Å². The van der Waals surface area contributed by atoms with Gasteiger partial charge in [-0.3, -0.25) is 0 Å². The third-order valence-electron chi connectivity index (χ3n) is 3.31. The number of rotatable bonds is 0. The van der Waals surface area contributed by atoms with E-state index in [9.17, 15) is 4.79 Å². The number of nitrogens with zero attached hydrogens (tertiary/aromatic N) is 1. The molecule has 5 heteroatoms. The summed E-state index contributed by atoms with van der Waals surface area (Å²) in [4.78, 5) is 13.8.